The summed E-state index contributed by atoms with van der Waals surface area (Å²) in [5.41, 5.74) is 2.84. The molecule has 1 aromatic rings. The Hall–Kier alpha value is 0.501. The van der Waals surface area contributed by atoms with Gasteiger partial charge in [0.05, 0.1) is 8.07 Å². The van der Waals surface area contributed by atoms with E-state index in [4.69, 9.17) is 0 Å². The molecular weight excluding hydrogens is 374 g/mol. The molecule has 0 fully saturated rings. The summed E-state index contributed by atoms with van der Waals surface area (Å²) in [5.74, 6) is 0.497. The molecule has 0 aliphatic heterocycles. The van der Waals surface area contributed by atoms with Crippen molar-refractivity contribution in [1.82, 2.24) is 0 Å². The summed E-state index contributed by atoms with van der Waals surface area (Å²) in [6, 6.07) is 11.0. The fraction of sp³-hybridized carbons (Fsp3) is 0.375. The summed E-state index contributed by atoms with van der Waals surface area (Å²) < 4.78 is 0. The summed E-state index contributed by atoms with van der Waals surface area (Å²) in [7, 11) is -1.52. The van der Waals surface area contributed by atoms with E-state index in [2.05, 4.69) is 70.3 Å². The van der Waals surface area contributed by atoms with Crippen LogP contribution in [0.3, 0.4) is 0 Å². The van der Waals surface area contributed by atoms with Gasteiger partial charge in [0.2, 0.25) is 0 Å². The van der Waals surface area contributed by atoms with Crippen molar-refractivity contribution in [3.63, 3.8) is 0 Å². The van der Waals surface area contributed by atoms with Gasteiger partial charge in [-0.05, 0) is 0 Å². The Morgan fingerprint density at radius 1 is 0.952 bits per heavy atom. The van der Waals surface area contributed by atoms with Gasteiger partial charge in [-0.3, -0.25) is 6.08 Å². The van der Waals surface area contributed by atoms with Crippen LogP contribution in [0.2, 0.25) is 13.1 Å². The Labute approximate surface area is 164 Å². The Morgan fingerprint density at radius 3 is 1.81 bits per heavy atom. The molecule has 1 atom stereocenters. The minimum absolute atomic E-state index is 0. The zero-order valence-corrected chi connectivity index (χ0v) is 17.9. The quantitative estimate of drug-likeness (QED) is 0.347. The molecule has 0 N–H and O–H groups in total. The molecule has 0 nitrogen and oxygen atoms in total. The predicted molar refractivity (Wildman–Crippen MR) is 77.9 cm³/mol. The SMILES string of the molecule is CC1=[C-]C(C)C([Si](C)(C)c2ccccc2)=C1C.[Cl-].[Cl-].[Cl-].[Ti+4]. The Kier molecular flexibility index (Phi) is 13.0. The van der Waals surface area contributed by atoms with E-state index in [1.165, 1.54) is 16.3 Å². The first-order valence-electron chi connectivity index (χ1n) is 6.32. The van der Waals surface area contributed by atoms with E-state index in [0.717, 1.165) is 0 Å². The smallest absolute Gasteiger partial charge is 1.00 e. The predicted octanol–water partition coefficient (Wildman–Crippen LogP) is -5.13. The monoisotopic (exact) mass is 394 g/mol. The first kappa shape index (κ1) is 26.4. The molecule has 21 heavy (non-hydrogen) atoms. The molecule has 5 heteroatoms. The standard InChI is InChI=1S/C16H21Si.3ClH.Ti/c1-12-11-13(2)16(14(12)3)17(4,5)15-9-7-6-8-10-15;;;;/h6-10,13H,1-5H3;3*1H;/q-1;;;;+4/p-3. The van der Waals surface area contributed by atoms with Gasteiger partial charge in [-0.1, -0.05) is 68.4 Å². The maximum atomic E-state index is 3.57. The zero-order chi connectivity index (χ0) is 12.6. The van der Waals surface area contributed by atoms with Crippen LogP contribution in [0.1, 0.15) is 20.8 Å². The van der Waals surface area contributed by atoms with Gasteiger partial charge in [0, 0.05) is 0 Å². The normalized spacial score (nSPS) is 16.8. The van der Waals surface area contributed by atoms with E-state index in [-0.39, 0.29) is 58.9 Å². The van der Waals surface area contributed by atoms with Crippen molar-refractivity contribution in [1.29, 1.82) is 0 Å². The van der Waals surface area contributed by atoms with Gasteiger partial charge in [-0.2, -0.15) is 5.20 Å². The van der Waals surface area contributed by atoms with Gasteiger partial charge in [0.25, 0.3) is 0 Å². The second kappa shape index (κ2) is 10.3. The number of halogens is 3. The van der Waals surface area contributed by atoms with E-state index in [1.807, 2.05) is 0 Å². The van der Waals surface area contributed by atoms with Crippen LogP contribution in [0.5, 0.6) is 0 Å². The van der Waals surface area contributed by atoms with Crippen molar-refractivity contribution < 1.29 is 58.9 Å². The van der Waals surface area contributed by atoms with Gasteiger partial charge in [0.1, 0.15) is 0 Å². The van der Waals surface area contributed by atoms with E-state index >= 15 is 0 Å². The van der Waals surface area contributed by atoms with Crippen LogP contribution in [-0.2, 0) is 21.7 Å². The average molecular weight is 396 g/mol. The van der Waals surface area contributed by atoms with Gasteiger partial charge in [-0.25, -0.2) is 11.1 Å². The molecule has 1 aliphatic rings. The number of allylic oxidation sites excluding steroid dienone is 4. The fourth-order valence-electron chi connectivity index (χ4n) is 3.05. The van der Waals surface area contributed by atoms with Crippen molar-refractivity contribution in [3.05, 3.63) is 52.8 Å². The largest absolute Gasteiger partial charge is 4.00 e. The molecule has 0 bridgehead atoms. The van der Waals surface area contributed by atoms with E-state index in [1.54, 1.807) is 5.20 Å². The average Bonchev–Trinajstić information content (AvgIpc) is 2.54. The molecule has 0 amide bonds. The summed E-state index contributed by atoms with van der Waals surface area (Å²) in [4.78, 5) is 0. The summed E-state index contributed by atoms with van der Waals surface area (Å²) in [6.07, 6.45) is 3.57. The molecule has 0 heterocycles. The second-order valence-electron chi connectivity index (χ2n) is 5.52. The van der Waals surface area contributed by atoms with Crippen molar-refractivity contribution in [2.45, 2.75) is 33.9 Å². The third kappa shape index (κ3) is 5.27. The number of hydrogen-bond acceptors (Lipinski definition) is 0. The molecule has 1 aromatic carbocycles. The van der Waals surface area contributed by atoms with Gasteiger partial charge >= 0.3 is 21.7 Å². The third-order valence-electron chi connectivity index (χ3n) is 4.00. The third-order valence-corrected chi connectivity index (χ3v) is 7.93. The molecule has 0 spiro atoms. The van der Waals surface area contributed by atoms with E-state index < -0.39 is 8.07 Å². The first-order chi connectivity index (χ1) is 7.94. The van der Waals surface area contributed by atoms with Crippen LogP contribution in [-0.4, -0.2) is 8.07 Å². The Bertz CT molecular complexity index is 496. The van der Waals surface area contributed by atoms with Crippen molar-refractivity contribution >= 4 is 13.3 Å². The van der Waals surface area contributed by atoms with Crippen LogP contribution >= 0.6 is 0 Å². The minimum atomic E-state index is -1.52. The Morgan fingerprint density at radius 2 is 1.43 bits per heavy atom. The topological polar surface area (TPSA) is 0 Å². The fourth-order valence-corrected chi connectivity index (χ4v) is 6.67. The van der Waals surface area contributed by atoms with E-state index in [0.29, 0.717) is 5.92 Å². The summed E-state index contributed by atoms with van der Waals surface area (Å²) in [6.45, 7) is 11.6. The molecule has 0 saturated carbocycles. The molecule has 1 aliphatic carbocycles. The summed E-state index contributed by atoms with van der Waals surface area (Å²) >= 11 is 0. The van der Waals surface area contributed by atoms with Crippen LogP contribution < -0.4 is 42.4 Å². The number of hydrogen-bond donors (Lipinski definition) is 0. The summed E-state index contributed by atoms with van der Waals surface area (Å²) in [5, 5.41) is 3.18. The zero-order valence-electron chi connectivity index (χ0n) is 13.1. The molecule has 2 rings (SSSR count). The van der Waals surface area contributed by atoms with Crippen LogP contribution in [0.15, 0.2) is 46.7 Å². The van der Waals surface area contributed by atoms with Crippen molar-refractivity contribution in [3.8, 4) is 0 Å². The van der Waals surface area contributed by atoms with E-state index in [9.17, 15) is 0 Å². The van der Waals surface area contributed by atoms with Gasteiger partial charge < -0.3 is 37.2 Å². The van der Waals surface area contributed by atoms with Gasteiger partial charge in [-0.15, -0.1) is 6.92 Å². The Balaban J connectivity index is -0.000000810. The van der Waals surface area contributed by atoms with Crippen molar-refractivity contribution in [2.24, 2.45) is 5.92 Å². The molecule has 1 unspecified atom stereocenters. The molecule has 0 saturated heterocycles. The maximum absolute atomic E-state index is 3.57. The molecular formula is C16H21Cl3SiTi. The van der Waals surface area contributed by atoms with Crippen LogP contribution in [0.4, 0.5) is 0 Å². The molecule has 0 aromatic heterocycles. The number of benzene rings is 1. The minimum Gasteiger partial charge on any atom is -1.00 e. The molecule has 114 valence electrons. The molecule has 0 radical (unpaired) electrons. The van der Waals surface area contributed by atoms with Crippen molar-refractivity contribution in [2.75, 3.05) is 0 Å². The van der Waals surface area contributed by atoms with Crippen LogP contribution in [0, 0.1) is 12.0 Å². The van der Waals surface area contributed by atoms with Gasteiger partial charge in [0.15, 0.2) is 0 Å². The first-order valence-corrected chi connectivity index (χ1v) is 9.32. The second-order valence-corrected chi connectivity index (χ2v) is 9.89. The van der Waals surface area contributed by atoms with Crippen LogP contribution in [0.25, 0.3) is 0 Å². The maximum Gasteiger partial charge on any atom is 4.00 e. The number of rotatable bonds is 2.